The second kappa shape index (κ2) is 5.03. The van der Waals surface area contributed by atoms with E-state index in [1.807, 2.05) is 0 Å². The molecule has 1 saturated heterocycles. The number of halogens is 1. The molecule has 0 saturated carbocycles. The summed E-state index contributed by atoms with van der Waals surface area (Å²) >= 11 is 0. The van der Waals surface area contributed by atoms with Gasteiger partial charge in [0.25, 0.3) is 0 Å². The molecular weight excluding hydrogens is 209 g/mol. The summed E-state index contributed by atoms with van der Waals surface area (Å²) in [5.41, 5.74) is 0. The third-order valence-electron chi connectivity index (χ3n) is 2.59. The zero-order valence-electron chi connectivity index (χ0n) is 8.87. The van der Waals surface area contributed by atoms with Crippen LogP contribution in [0.5, 0.6) is 0 Å². The lowest BCUT2D eigenvalue weighted by molar-refractivity contribution is -0.118. The highest BCUT2D eigenvalue weighted by Gasteiger charge is 2.20. The van der Waals surface area contributed by atoms with Crippen molar-refractivity contribution >= 4 is 11.7 Å². The number of hydrogen-bond acceptors (Lipinski definition) is 3. The lowest BCUT2D eigenvalue weighted by Gasteiger charge is -2.22. The molecule has 86 valence electrons. The van der Waals surface area contributed by atoms with Gasteiger partial charge in [-0.05, 0) is 31.5 Å². The van der Waals surface area contributed by atoms with Gasteiger partial charge in [-0.2, -0.15) is 4.39 Å². The van der Waals surface area contributed by atoms with Gasteiger partial charge in [0.05, 0.1) is 6.04 Å². The Hall–Kier alpha value is -1.49. The highest BCUT2D eigenvalue weighted by atomic mass is 19.1. The molecule has 2 heterocycles. The molecule has 1 amide bonds. The first-order valence-electron chi connectivity index (χ1n) is 5.42. The fourth-order valence-electron chi connectivity index (χ4n) is 1.77. The number of anilines is 1. The van der Waals surface area contributed by atoms with Crippen molar-refractivity contribution in [1.29, 1.82) is 0 Å². The van der Waals surface area contributed by atoms with E-state index in [-0.39, 0.29) is 17.8 Å². The molecule has 1 fully saturated rings. The molecule has 1 aliphatic rings. The van der Waals surface area contributed by atoms with Gasteiger partial charge >= 0.3 is 0 Å². The Bertz CT molecular complexity index is 377. The van der Waals surface area contributed by atoms with Gasteiger partial charge in [0.15, 0.2) is 0 Å². The summed E-state index contributed by atoms with van der Waals surface area (Å²) in [6.07, 6.45) is 2.96. The molecule has 0 spiro atoms. The minimum atomic E-state index is -0.589. The Morgan fingerprint density at radius 1 is 1.50 bits per heavy atom. The number of piperidine rings is 1. The summed E-state index contributed by atoms with van der Waals surface area (Å²) in [6.45, 7) is 0.856. The van der Waals surface area contributed by atoms with Crippen LogP contribution < -0.4 is 10.6 Å². The van der Waals surface area contributed by atoms with Crippen molar-refractivity contribution in [2.45, 2.75) is 25.3 Å². The first-order valence-corrected chi connectivity index (χ1v) is 5.42. The Morgan fingerprint density at radius 2 is 2.38 bits per heavy atom. The largest absolute Gasteiger partial charge is 0.309 e. The molecule has 16 heavy (non-hydrogen) atoms. The molecule has 5 heteroatoms. The van der Waals surface area contributed by atoms with E-state index in [0.29, 0.717) is 0 Å². The van der Waals surface area contributed by atoms with E-state index in [4.69, 9.17) is 0 Å². The predicted molar refractivity (Wildman–Crippen MR) is 58.5 cm³/mol. The second-order valence-corrected chi connectivity index (χ2v) is 3.84. The van der Waals surface area contributed by atoms with Crippen LogP contribution in [0.3, 0.4) is 0 Å². The quantitative estimate of drug-likeness (QED) is 0.743. The van der Waals surface area contributed by atoms with Gasteiger partial charge < -0.3 is 10.6 Å². The smallest absolute Gasteiger partial charge is 0.242 e. The Morgan fingerprint density at radius 3 is 3.06 bits per heavy atom. The lowest BCUT2D eigenvalue weighted by Crippen LogP contribution is -2.43. The van der Waals surface area contributed by atoms with Gasteiger partial charge in [-0.3, -0.25) is 4.79 Å². The second-order valence-electron chi connectivity index (χ2n) is 3.84. The van der Waals surface area contributed by atoms with Gasteiger partial charge in [0, 0.05) is 0 Å². The molecular formula is C11H14FN3O. The number of nitrogens with zero attached hydrogens (tertiary/aromatic N) is 1. The molecule has 0 radical (unpaired) electrons. The predicted octanol–water partition coefficient (Wildman–Crippen LogP) is 1.30. The van der Waals surface area contributed by atoms with E-state index >= 15 is 0 Å². The van der Waals surface area contributed by atoms with E-state index in [0.717, 1.165) is 25.8 Å². The average Bonchev–Trinajstić information content (AvgIpc) is 2.30. The molecule has 4 nitrogen and oxygen atoms in total. The van der Waals surface area contributed by atoms with Gasteiger partial charge in [0.2, 0.25) is 11.9 Å². The molecule has 2 N–H and O–H groups in total. The van der Waals surface area contributed by atoms with Gasteiger partial charge in [-0.1, -0.05) is 12.5 Å². The van der Waals surface area contributed by atoms with Crippen LogP contribution in [-0.2, 0) is 4.79 Å². The van der Waals surface area contributed by atoms with E-state index < -0.39 is 5.95 Å². The Kier molecular flexibility index (Phi) is 3.46. The molecule has 2 rings (SSSR count). The maximum atomic E-state index is 12.8. The van der Waals surface area contributed by atoms with Crippen molar-refractivity contribution in [2.75, 3.05) is 11.9 Å². The third kappa shape index (κ3) is 2.76. The van der Waals surface area contributed by atoms with E-state index in [1.54, 1.807) is 6.07 Å². The average molecular weight is 223 g/mol. The monoisotopic (exact) mass is 223 g/mol. The Balaban J connectivity index is 1.96. The maximum Gasteiger partial charge on any atom is 0.242 e. The van der Waals surface area contributed by atoms with E-state index in [1.165, 1.54) is 12.1 Å². The fraction of sp³-hybridized carbons (Fsp3) is 0.455. The van der Waals surface area contributed by atoms with Crippen LogP contribution in [-0.4, -0.2) is 23.5 Å². The maximum absolute atomic E-state index is 12.8. The summed E-state index contributed by atoms with van der Waals surface area (Å²) in [5.74, 6) is -0.468. The molecule has 1 aliphatic heterocycles. The van der Waals surface area contributed by atoms with Crippen molar-refractivity contribution < 1.29 is 9.18 Å². The number of carbonyl (C=O) groups is 1. The number of nitrogens with one attached hydrogen (secondary N) is 2. The van der Waals surface area contributed by atoms with Crippen LogP contribution in [0.2, 0.25) is 0 Å². The molecule has 1 aromatic heterocycles. The molecule has 1 aromatic rings. The van der Waals surface area contributed by atoms with Crippen LogP contribution in [0.25, 0.3) is 0 Å². The number of aromatic nitrogens is 1. The Labute approximate surface area is 93.3 Å². The van der Waals surface area contributed by atoms with Crippen LogP contribution in [0, 0.1) is 5.95 Å². The summed E-state index contributed by atoms with van der Waals surface area (Å²) in [7, 11) is 0. The highest BCUT2D eigenvalue weighted by molar-refractivity contribution is 5.94. The van der Waals surface area contributed by atoms with E-state index in [9.17, 15) is 9.18 Å². The van der Waals surface area contributed by atoms with Crippen LogP contribution in [0.1, 0.15) is 19.3 Å². The molecule has 0 unspecified atom stereocenters. The first-order chi connectivity index (χ1) is 7.75. The van der Waals surface area contributed by atoms with Gasteiger partial charge in [-0.25, -0.2) is 4.98 Å². The normalized spacial score (nSPS) is 20.4. The molecule has 0 aromatic carbocycles. The third-order valence-corrected chi connectivity index (χ3v) is 2.59. The van der Waals surface area contributed by atoms with Crippen LogP contribution in [0.15, 0.2) is 18.2 Å². The zero-order chi connectivity index (χ0) is 11.4. The summed E-state index contributed by atoms with van der Waals surface area (Å²) in [4.78, 5) is 15.3. The van der Waals surface area contributed by atoms with Crippen molar-refractivity contribution in [3.63, 3.8) is 0 Å². The van der Waals surface area contributed by atoms with Crippen LogP contribution in [0.4, 0.5) is 10.2 Å². The summed E-state index contributed by atoms with van der Waals surface area (Å²) in [6, 6.07) is 4.16. The first kappa shape index (κ1) is 11.0. The standard InChI is InChI=1S/C11H14FN3O/c12-9-5-3-6-10(14-9)15-11(16)8-4-1-2-7-13-8/h3,5-6,8,13H,1-2,4,7H2,(H,14,15,16)/t8-/m0/s1. The number of amides is 1. The van der Waals surface area contributed by atoms with E-state index in [2.05, 4.69) is 15.6 Å². The van der Waals surface area contributed by atoms with Crippen LogP contribution >= 0.6 is 0 Å². The number of pyridine rings is 1. The lowest BCUT2D eigenvalue weighted by atomic mass is 10.0. The number of rotatable bonds is 2. The topological polar surface area (TPSA) is 54.0 Å². The minimum Gasteiger partial charge on any atom is -0.309 e. The van der Waals surface area contributed by atoms with Gasteiger partial charge in [-0.15, -0.1) is 0 Å². The van der Waals surface area contributed by atoms with Gasteiger partial charge in [0.1, 0.15) is 5.82 Å². The molecule has 1 atom stereocenters. The summed E-state index contributed by atoms with van der Waals surface area (Å²) in [5, 5.41) is 5.72. The van der Waals surface area contributed by atoms with Crippen molar-refractivity contribution in [1.82, 2.24) is 10.3 Å². The molecule has 0 aliphatic carbocycles. The number of hydrogen-bond donors (Lipinski definition) is 2. The molecule has 0 bridgehead atoms. The SMILES string of the molecule is O=C(Nc1cccc(F)n1)[C@@H]1CCCCN1. The summed E-state index contributed by atoms with van der Waals surface area (Å²) < 4.78 is 12.8. The van der Waals surface area contributed by atoms with Crippen molar-refractivity contribution in [3.8, 4) is 0 Å². The van der Waals surface area contributed by atoms with Crippen molar-refractivity contribution in [3.05, 3.63) is 24.1 Å². The minimum absolute atomic E-state index is 0.141. The highest BCUT2D eigenvalue weighted by Crippen LogP contribution is 2.10. The zero-order valence-corrected chi connectivity index (χ0v) is 8.87. The fourth-order valence-corrected chi connectivity index (χ4v) is 1.77. The van der Waals surface area contributed by atoms with Crippen molar-refractivity contribution in [2.24, 2.45) is 0 Å². The number of carbonyl (C=O) groups excluding carboxylic acids is 1.